The van der Waals surface area contributed by atoms with Crippen LogP contribution in [0, 0.1) is 11.8 Å². The molecule has 9 amide bonds. The molecule has 62 heavy (non-hydrogen) atoms. The number of ether oxygens (including phenoxy) is 4. The number of nitrogens with one attached hydrogen (secondary N) is 6. The number of benzene rings is 1. The third-order valence-corrected chi connectivity index (χ3v) is 10.2. The van der Waals surface area contributed by atoms with Crippen LogP contribution in [-0.4, -0.2) is 134 Å². The van der Waals surface area contributed by atoms with Crippen LogP contribution in [0.5, 0.6) is 5.75 Å². The molecule has 1 fully saturated rings. The van der Waals surface area contributed by atoms with Gasteiger partial charge in [-0.25, -0.2) is 9.59 Å². The number of nitrogens with two attached hydrogens (primary N) is 1. The van der Waals surface area contributed by atoms with Gasteiger partial charge in [-0.1, -0.05) is 13.8 Å². The zero-order valence-corrected chi connectivity index (χ0v) is 36.4. The molecule has 4 atom stereocenters. The largest absolute Gasteiger partial charge is 0.491 e. The second kappa shape index (κ2) is 27.8. The van der Waals surface area contributed by atoms with Gasteiger partial charge in [0.2, 0.25) is 35.4 Å². The number of urea groups is 1. The molecule has 22 nitrogen and oxygen atoms in total. The number of nitrogens with zero attached hydrogens (tertiary/aromatic N) is 1. The molecule has 1 saturated heterocycles. The van der Waals surface area contributed by atoms with Crippen LogP contribution in [0.2, 0.25) is 0 Å². The first-order valence-corrected chi connectivity index (χ1v) is 20.9. The van der Waals surface area contributed by atoms with Gasteiger partial charge in [0.1, 0.15) is 19.0 Å². The Bertz CT molecular complexity index is 1750. The summed E-state index contributed by atoms with van der Waals surface area (Å²) in [4.78, 5) is 122. The number of alkyl carbamates (subject to hydrolysis) is 1. The predicted molar refractivity (Wildman–Crippen MR) is 223 cm³/mol. The number of hydrogen-bond donors (Lipinski definition) is 7. The first-order chi connectivity index (χ1) is 29.4. The lowest BCUT2D eigenvalue weighted by molar-refractivity contribution is -0.139. The van der Waals surface area contributed by atoms with Gasteiger partial charge >= 0.3 is 12.1 Å². The number of rotatable bonds is 29. The van der Waals surface area contributed by atoms with Crippen molar-refractivity contribution in [2.75, 3.05) is 57.6 Å². The number of ketones is 1. The molecule has 1 aliphatic heterocycles. The number of Topliss-reactive ketones (excluding diaryl/α,β-unsaturated/α-hetero) is 1. The Morgan fingerprint density at radius 3 is 2.35 bits per heavy atom. The van der Waals surface area contributed by atoms with Crippen LogP contribution in [0.25, 0.3) is 0 Å². The zero-order valence-electron chi connectivity index (χ0n) is 35.5. The number of amides is 9. The van der Waals surface area contributed by atoms with Crippen molar-refractivity contribution in [2.24, 2.45) is 17.6 Å². The molecule has 8 N–H and O–H groups in total. The highest BCUT2D eigenvalue weighted by molar-refractivity contribution is 8.00. The third kappa shape index (κ3) is 19.6. The van der Waals surface area contributed by atoms with E-state index in [1.165, 1.54) is 27.0 Å². The lowest BCUT2D eigenvalue weighted by Gasteiger charge is -2.23. The molecule has 0 aromatic heterocycles. The molecular formula is C39H58N8O14S. The smallest absolute Gasteiger partial charge is 0.407 e. The molecule has 0 aliphatic carbocycles. The topological polar surface area (TPSA) is 309 Å². The number of thioether (sulfide) groups is 1. The summed E-state index contributed by atoms with van der Waals surface area (Å²) in [5.74, 6) is -3.77. The first kappa shape index (κ1) is 52.2. The maximum absolute atomic E-state index is 13.6. The van der Waals surface area contributed by atoms with Gasteiger partial charge in [-0.3, -0.25) is 43.3 Å². The van der Waals surface area contributed by atoms with E-state index in [0.717, 1.165) is 16.7 Å². The number of imide groups is 1. The molecule has 1 unspecified atom stereocenters. The Kier molecular flexibility index (Phi) is 23.4. The Morgan fingerprint density at radius 1 is 0.984 bits per heavy atom. The van der Waals surface area contributed by atoms with Crippen LogP contribution >= 0.6 is 11.8 Å². The highest BCUT2D eigenvalue weighted by Crippen LogP contribution is 2.27. The lowest BCUT2D eigenvalue weighted by Crippen LogP contribution is -2.44. The monoisotopic (exact) mass is 894 g/mol. The fourth-order valence-corrected chi connectivity index (χ4v) is 7.05. The third-order valence-electron chi connectivity index (χ3n) is 8.97. The van der Waals surface area contributed by atoms with Crippen molar-refractivity contribution in [1.82, 2.24) is 31.5 Å². The van der Waals surface area contributed by atoms with Gasteiger partial charge in [-0.05, 0) is 30.9 Å². The SMILES string of the molecule is CNC(=O)OCc1ccc(NC(=O)[C@H](CCCNC(N)=O)CC(=O)[C@@H](NC(C)=O)C(C)C)cc1OCCOCCNC(=O)CCN1C(=O)CC(SC[C@H](NC(C)=O)OC=O)C1=O. The van der Waals surface area contributed by atoms with E-state index in [9.17, 15) is 47.9 Å². The highest BCUT2D eigenvalue weighted by atomic mass is 32.2. The molecule has 23 heteroatoms. The van der Waals surface area contributed by atoms with Crippen LogP contribution in [0.3, 0.4) is 0 Å². The Hall–Kier alpha value is -5.97. The van der Waals surface area contributed by atoms with Crippen molar-refractivity contribution >= 4 is 77.3 Å². The van der Waals surface area contributed by atoms with Crippen LogP contribution in [0.15, 0.2) is 18.2 Å². The minimum Gasteiger partial charge on any atom is -0.491 e. The highest BCUT2D eigenvalue weighted by Gasteiger charge is 2.39. The Labute approximate surface area is 363 Å². The molecule has 1 heterocycles. The molecule has 1 aromatic rings. The van der Waals surface area contributed by atoms with E-state index >= 15 is 0 Å². The molecule has 1 aromatic carbocycles. The van der Waals surface area contributed by atoms with Crippen molar-refractivity contribution < 1.29 is 66.9 Å². The van der Waals surface area contributed by atoms with Crippen LogP contribution in [-0.2, 0) is 59.2 Å². The fourth-order valence-electron chi connectivity index (χ4n) is 5.95. The summed E-state index contributed by atoms with van der Waals surface area (Å²) >= 11 is 1.05. The van der Waals surface area contributed by atoms with Gasteiger partial charge in [0, 0.05) is 83.0 Å². The fraction of sp³-hybridized carbons (Fsp3) is 0.590. The molecule has 0 spiro atoms. The number of carbonyl (C=O) groups is 10. The summed E-state index contributed by atoms with van der Waals surface area (Å²) in [7, 11) is 1.40. The average molecular weight is 895 g/mol. The van der Waals surface area contributed by atoms with Crippen molar-refractivity contribution in [1.29, 1.82) is 0 Å². The van der Waals surface area contributed by atoms with E-state index in [2.05, 4.69) is 31.9 Å². The lowest BCUT2D eigenvalue weighted by atomic mass is 9.89. The standard InChI is InChI=1S/C39H58N8O14S/c1-23(2)35(45-25(4)50)29(51)17-26(7-6-11-43-38(40)56)36(54)46-28-9-8-27(20-60-39(57)41-5)30(18-28)59-16-15-58-14-12-42-32(52)10-13-47-34(53)19-31(37(47)55)62-21-33(61-22-48)44-24(3)49/h8-9,18,22-23,26,31,33,35H,6-7,10-17,19-21H2,1-5H3,(H,41,57)(H,42,52)(H,44,49)(H,45,50)(H,46,54)(H3,40,43,56)/t26-,31?,33-,35+/m1/s1. The summed E-state index contributed by atoms with van der Waals surface area (Å²) < 4.78 is 21.5. The summed E-state index contributed by atoms with van der Waals surface area (Å²) in [6.45, 7) is 6.41. The maximum Gasteiger partial charge on any atom is 0.407 e. The molecule has 1 aliphatic rings. The zero-order chi connectivity index (χ0) is 46.2. The number of hydrogen-bond acceptors (Lipinski definition) is 15. The molecule has 0 saturated carbocycles. The van der Waals surface area contributed by atoms with E-state index in [1.807, 2.05) is 0 Å². The van der Waals surface area contributed by atoms with E-state index in [-0.39, 0.29) is 107 Å². The minimum atomic E-state index is -0.965. The molecule has 2 rings (SSSR count). The second-order valence-corrected chi connectivity index (χ2v) is 15.5. The van der Waals surface area contributed by atoms with Crippen molar-refractivity contribution in [3.63, 3.8) is 0 Å². The molecule has 0 bridgehead atoms. The van der Waals surface area contributed by atoms with Gasteiger partial charge in [-0.2, -0.15) is 0 Å². The molecule has 344 valence electrons. The second-order valence-electron chi connectivity index (χ2n) is 14.3. The molecule has 0 radical (unpaired) electrons. The van der Waals surface area contributed by atoms with Gasteiger partial charge < -0.3 is 56.6 Å². The van der Waals surface area contributed by atoms with Gasteiger partial charge in [0.05, 0.1) is 30.3 Å². The van der Waals surface area contributed by atoms with E-state index in [0.29, 0.717) is 17.7 Å². The first-order valence-electron chi connectivity index (χ1n) is 19.9. The summed E-state index contributed by atoms with van der Waals surface area (Å²) in [6.07, 6.45) is -1.53. The van der Waals surface area contributed by atoms with Gasteiger partial charge in [0.25, 0.3) is 6.47 Å². The number of anilines is 1. The Balaban J connectivity index is 1.94. The van der Waals surface area contributed by atoms with Crippen LogP contribution in [0.1, 0.15) is 65.4 Å². The minimum absolute atomic E-state index is 0.00718. The van der Waals surface area contributed by atoms with Crippen molar-refractivity contribution in [2.45, 2.75) is 83.9 Å². The van der Waals surface area contributed by atoms with Gasteiger partial charge in [0.15, 0.2) is 12.0 Å². The predicted octanol–water partition coefficient (Wildman–Crippen LogP) is 0.0633. The van der Waals surface area contributed by atoms with Crippen molar-refractivity contribution in [3.8, 4) is 5.75 Å². The normalized spacial score (nSPS) is 14.8. The number of carbonyl (C=O) groups excluding carboxylic acids is 10. The summed E-state index contributed by atoms with van der Waals surface area (Å²) in [5, 5.41) is 14.6. The number of primary amides is 1. The maximum atomic E-state index is 13.6. The van der Waals surface area contributed by atoms with E-state index in [4.69, 9.17) is 24.7 Å². The van der Waals surface area contributed by atoms with Crippen molar-refractivity contribution in [3.05, 3.63) is 23.8 Å². The quantitative estimate of drug-likeness (QED) is 0.0242. The van der Waals surface area contributed by atoms with Gasteiger partial charge in [-0.15, -0.1) is 11.8 Å². The number of likely N-dealkylation sites (tertiary alicyclic amines) is 1. The van der Waals surface area contributed by atoms with Crippen LogP contribution in [0.4, 0.5) is 15.3 Å². The van der Waals surface area contributed by atoms with Crippen LogP contribution < -0.4 is 42.4 Å². The average Bonchev–Trinajstić information content (AvgIpc) is 3.48. The summed E-state index contributed by atoms with van der Waals surface area (Å²) in [5.41, 5.74) is 5.92. The van der Waals surface area contributed by atoms with E-state index < -0.39 is 65.1 Å². The summed E-state index contributed by atoms with van der Waals surface area (Å²) in [6, 6.07) is 3.14. The molecular weight excluding hydrogens is 837 g/mol. The Morgan fingerprint density at radius 2 is 1.71 bits per heavy atom. The van der Waals surface area contributed by atoms with E-state index in [1.54, 1.807) is 26.0 Å².